The quantitative estimate of drug-likeness (QED) is 0.430. The van der Waals surface area contributed by atoms with Gasteiger partial charge in [-0.15, -0.1) is 0 Å². The summed E-state index contributed by atoms with van der Waals surface area (Å²) in [4.78, 5) is 31.7. The molecule has 1 atom stereocenters. The van der Waals surface area contributed by atoms with E-state index in [9.17, 15) is 14.7 Å². The van der Waals surface area contributed by atoms with Gasteiger partial charge in [0.05, 0.1) is 11.6 Å². The van der Waals surface area contributed by atoms with Gasteiger partial charge in [0.25, 0.3) is 11.7 Å². The molecule has 2 fully saturated rings. The number of rotatable bonds is 3. The number of aliphatic hydroxyl groups is 1. The van der Waals surface area contributed by atoms with Crippen molar-refractivity contribution in [2.24, 2.45) is 0 Å². The molecule has 1 saturated carbocycles. The summed E-state index contributed by atoms with van der Waals surface area (Å²) < 4.78 is 0.873. The Morgan fingerprint density at radius 3 is 2.29 bits per heavy atom. The Morgan fingerprint density at radius 2 is 1.64 bits per heavy atom. The van der Waals surface area contributed by atoms with Gasteiger partial charge in [-0.2, -0.15) is 0 Å². The van der Waals surface area contributed by atoms with E-state index in [-0.39, 0.29) is 17.4 Å². The number of hydrogen-bond acceptors (Lipinski definition) is 4. The van der Waals surface area contributed by atoms with Gasteiger partial charge < -0.3 is 10.0 Å². The van der Waals surface area contributed by atoms with Crippen LogP contribution in [0.2, 0.25) is 0 Å². The van der Waals surface area contributed by atoms with Gasteiger partial charge in [-0.05, 0) is 42.7 Å². The van der Waals surface area contributed by atoms with E-state index in [4.69, 9.17) is 0 Å². The van der Waals surface area contributed by atoms with Crippen LogP contribution in [0.15, 0.2) is 58.8 Å². The second-order valence-corrected chi connectivity index (χ2v) is 8.20. The maximum atomic E-state index is 13.0. The molecule has 2 aromatic rings. The lowest BCUT2D eigenvalue weighted by Crippen LogP contribution is -2.40. The SMILES string of the molecule is O=C1C(=O)N(C2CCCCC2)C(c2ccncc2)/C1=C(/O)c1ccc(Br)cc1. The molecule has 1 aliphatic carbocycles. The Labute approximate surface area is 172 Å². The smallest absolute Gasteiger partial charge is 0.295 e. The zero-order valence-corrected chi connectivity index (χ0v) is 16.9. The molecule has 1 aromatic heterocycles. The molecule has 1 aromatic carbocycles. The number of carbonyl (C=O) groups excluding carboxylic acids is 2. The molecule has 1 N–H and O–H groups in total. The first-order valence-corrected chi connectivity index (χ1v) is 10.3. The Kier molecular flexibility index (Phi) is 5.31. The number of aliphatic hydroxyl groups excluding tert-OH is 1. The number of ketones is 1. The molecule has 1 aliphatic heterocycles. The van der Waals surface area contributed by atoms with Crippen molar-refractivity contribution in [1.29, 1.82) is 0 Å². The number of pyridine rings is 1. The summed E-state index contributed by atoms with van der Waals surface area (Å²) in [5, 5.41) is 11.0. The zero-order valence-electron chi connectivity index (χ0n) is 15.3. The van der Waals surface area contributed by atoms with Crippen LogP contribution in [0.4, 0.5) is 0 Å². The molecular weight excluding hydrogens is 420 g/mol. The van der Waals surface area contributed by atoms with E-state index in [2.05, 4.69) is 20.9 Å². The lowest BCUT2D eigenvalue weighted by atomic mass is 9.91. The fourth-order valence-electron chi connectivity index (χ4n) is 4.22. The molecule has 0 bridgehead atoms. The Morgan fingerprint density at radius 1 is 1.00 bits per heavy atom. The van der Waals surface area contributed by atoms with E-state index in [1.54, 1.807) is 53.7 Å². The fraction of sp³-hybridized carbons (Fsp3) is 0.318. The van der Waals surface area contributed by atoms with Crippen LogP contribution in [0.25, 0.3) is 5.76 Å². The molecule has 5 nitrogen and oxygen atoms in total. The van der Waals surface area contributed by atoms with Crippen LogP contribution in [0.3, 0.4) is 0 Å². The van der Waals surface area contributed by atoms with Crippen LogP contribution in [0.1, 0.15) is 49.3 Å². The lowest BCUT2D eigenvalue weighted by molar-refractivity contribution is -0.141. The van der Waals surface area contributed by atoms with Gasteiger partial charge in [0, 0.05) is 28.5 Å². The summed E-state index contributed by atoms with van der Waals surface area (Å²) in [5.74, 6) is -1.27. The summed E-state index contributed by atoms with van der Waals surface area (Å²) >= 11 is 3.38. The number of carbonyl (C=O) groups is 2. The zero-order chi connectivity index (χ0) is 19.7. The molecule has 2 aliphatic rings. The van der Waals surface area contributed by atoms with E-state index in [1.165, 1.54) is 0 Å². The first-order valence-electron chi connectivity index (χ1n) is 9.54. The van der Waals surface area contributed by atoms with Crippen LogP contribution >= 0.6 is 15.9 Å². The van der Waals surface area contributed by atoms with Crippen molar-refractivity contribution in [1.82, 2.24) is 9.88 Å². The summed E-state index contributed by atoms with van der Waals surface area (Å²) in [6, 6.07) is 10.1. The minimum atomic E-state index is -0.618. The fourth-order valence-corrected chi connectivity index (χ4v) is 4.49. The third kappa shape index (κ3) is 3.37. The molecule has 1 unspecified atom stereocenters. The number of aromatic nitrogens is 1. The van der Waals surface area contributed by atoms with E-state index in [0.29, 0.717) is 5.56 Å². The van der Waals surface area contributed by atoms with Gasteiger partial charge in [-0.3, -0.25) is 14.6 Å². The van der Waals surface area contributed by atoms with Gasteiger partial charge in [-0.25, -0.2) is 0 Å². The highest BCUT2D eigenvalue weighted by atomic mass is 79.9. The Bertz CT molecular complexity index is 919. The molecule has 4 rings (SSSR count). The molecule has 0 radical (unpaired) electrons. The van der Waals surface area contributed by atoms with Crippen molar-refractivity contribution in [3.05, 3.63) is 70.0 Å². The molecule has 1 amide bonds. The van der Waals surface area contributed by atoms with Crippen molar-refractivity contribution in [3.8, 4) is 0 Å². The van der Waals surface area contributed by atoms with E-state index in [0.717, 1.165) is 42.1 Å². The largest absolute Gasteiger partial charge is 0.507 e. The summed E-state index contributed by atoms with van der Waals surface area (Å²) in [7, 11) is 0. The van der Waals surface area contributed by atoms with Crippen molar-refractivity contribution < 1.29 is 14.7 Å². The highest BCUT2D eigenvalue weighted by Gasteiger charge is 2.48. The minimum absolute atomic E-state index is 0.0126. The molecule has 0 spiro atoms. The first-order chi connectivity index (χ1) is 13.6. The maximum Gasteiger partial charge on any atom is 0.295 e. The highest BCUT2D eigenvalue weighted by molar-refractivity contribution is 9.10. The number of likely N-dealkylation sites (tertiary alicyclic amines) is 1. The average Bonchev–Trinajstić information content (AvgIpc) is 3.00. The normalized spacial score (nSPS) is 22.6. The number of nitrogens with zero attached hydrogens (tertiary/aromatic N) is 2. The van der Waals surface area contributed by atoms with Gasteiger partial charge >= 0.3 is 0 Å². The summed E-state index contributed by atoms with van der Waals surface area (Å²) in [5.41, 5.74) is 1.46. The van der Waals surface area contributed by atoms with Crippen molar-refractivity contribution >= 4 is 33.4 Å². The third-order valence-corrected chi connectivity index (χ3v) is 6.12. The molecule has 1 saturated heterocycles. The second-order valence-electron chi connectivity index (χ2n) is 7.29. The number of amides is 1. The minimum Gasteiger partial charge on any atom is -0.507 e. The van der Waals surface area contributed by atoms with Crippen molar-refractivity contribution in [2.45, 2.75) is 44.2 Å². The predicted octanol–water partition coefficient (Wildman–Crippen LogP) is 4.60. The van der Waals surface area contributed by atoms with Crippen LogP contribution in [-0.2, 0) is 9.59 Å². The number of benzene rings is 1. The monoisotopic (exact) mass is 440 g/mol. The van der Waals surface area contributed by atoms with E-state index in [1.807, 2.05) is 0 Å². The first kappa shape index (κ1) is 18.9. The predicted molar refractivity (Wildman–Crippen MR) is 109 cm³/mol. The standard InChI is InChI=1S/C22H21BrN2O3/c23-16-8-6-15(7-9-16)20(26)18-19(14-10-12-24-13-11-14)25(22(28)21(18)27)17-4-2-1-3-5-17/h6-13,17,19,26H,1-5H2/b20-18-. The topological polar surface area (TPSA) is 70.5 Å². The number of halogens is 1. The lowest BCUT2D eigenvalue weighted by Gasteiger charge is -2.35. The number of hydrogen-bond donors (Lipinski definition) is 1. The van der Waals surface area contributed by atoms with Crippen LogP contribution in [0, 0.1) is 0 Å². The average molecular weight is 441 g/mol. The number of Topliss-reactive ketones (excluding diaryl/α,β-unsaturated/α-hetero) is 1. The van der Waals surface area contributed by atoms with Gasteiger partial charge in [-0.1, -0.05) is 47.3 Å². The summed E-state index contributed by atoms with van der Waals surface area (Å²) in [6.45, 7) is 0. The van der Waals surface area contributed by atoms with Crippen LogP contribution in [0.5, 0.6) is 0 Å². The van der Waals surface area contributed by atoms with E-state index >= 15 is 0 Å². The van der Waals surface area contributed by atoms with Gasteiger partial charge in [0.2, 0.25) is 0 Å². The molecular formula is C22H21BrN2O3. The molecule has 144 valence electrons. The second kappa shape index (κ2) is 7.87. The Balaban J connectivity index is 1.85. The van der Waals surface area contributed by atoms with Gasteiger partial charge in [0.1, 0.15) is 5.76 Å². The molecule has 2 heterocycles. The Hall–Kier alpha value is -2.47. The van der Waals surface area contributed by atoms with Crippen LogP contribution < -0.4 is 0 Å². The van der Waals surface area contributed by atoms with Crippen molar-refractivity contribution in [2.75, 3.05) is 0 Å². The molecule has 6 heteroatoms. The third-order valence-electron chi connectivity index (χ3n) is 5.59. The summed E-state index contributed by atoms with van der Waals surface area (Å²) in [6.07, 6.45) is 8.30. The van der Waals surface area contributed by atoms with E-state index < -0.39 is 17.7 Å². The van der Waals surface area contributed by atoms with Crippen molar-refractivity contribution in [3.63, 3.8) is 0 Å². The van der Waals surface area contributed by atoms with Crippen LogP contribution in [-0.4, -0.2) is 32.7 Å². The maximum absolute atomic E-state index is 13.0. The highest BCUT2D eigenvalue weighted by Crippen LogP contribution is 2.42. The van der Waals surface area contributed by atoms with Gasteiger partial charge in [0.15, 0.2) is 0 Å². The molecule has 28 heavy (non-hydrogen) atoms.